The normalized spacial score (nSPS) is 11.9. The maximum atomic E-state index is 12.4. The Morgan fingerprint density at radius 2 is 1.83 bits per heavy atom. The number of rotatable bonds is 4. The zero-order valence-corrected chi connectivity index (χ0v) is 13.3. The Morgan fingerprint density at radius 3 is 2.54 bits per heavy atom. The number of methoxy groups -OCH3 is 1. The molecule has 0 bridgehead atoms. The Kier molecular flexibility index (Phi) is 4.33. The van der Waals surface area contributed by atoms with Gasteiger partial charge in [0, 0.05) is 11.6 Å². The van der Waals surface area contributed by atoms with E-state index in [0.717, 1.165) is 5.56 Å². The molecule has 0 aliphatic rings. The molecule has 0 saturated heterocycles. The first-order chi connectivity index (χ1) is 11.6. The first kappa shape index (κ1) is 15.8. The van der Waals surface area contributed by atoms with E-state index in [-0.39, 0.29) is 5.43 Å². The summed E-state index contributed by atoms with van der Waals surface area (Å²) in [7, 11) is 1.29. The van der Waals surface area contributed by atoms with E-state index in [1.807, 2.05) is 30.3 Å². The van der Waals surface area contributed by atoms with Crippen LogP contribution in [-0.4, -0.2) is 19.2 Å². The predicted molar refractivity (Wildman–Crippen MR) is 90.0 cm³/mol. The van der Waals surface area contributed by atoms with E-state index < -0.39 is 12.1 Å². The highest BCUT2D eigenvalue weighted by Crippen LogP contribution is 2.25. The summed E-state index contributed by atoms with van der Waals surface area (Å²) in [4.78, 5) is 23.8. The zero-order valence-electron chi connectivity index (χ0n) is 13.3. The van der Waals surface area contributed by atoms with Crippen LogP contribution in [0, 0.1) is 0 Å². The Hall–Kier alpha value is -3.08. The number of carbonyl (C=O) groups excluding carboxylic acids is 1. The van der Waals surface area contributed by atoms with E-state index >= 15 is 0 Å². The first-order valence-corrected chi connectivity index (χ1v) is 7.46. The van der Waals surface area contributed by atoms with Crippen LogP contribution in [0.4, 0.5) is 0 Å². The number of benzene rings is 2. The zero-order chi connectivity index (χ0) is 17.1. The van der Waals surface area contributed by atoms with Crippen molar-refractivity contribution in [1.29, 1.82) is 0 Å². The highest BCUT2D eigenvalue weighted by molar-refractivity contribution is 5.80. The van der Waals surface area contributed by atoms with Crippen molar-refractivity contribution in [3.63, 3.8) is 0 Å². The lowest BCUT2D eigenvalue weighted by Crippen LogP contribution is -2.24. The molecule has 3 rings (SSSR count). The van der Waals surface area contributed by atoms with E-state index in [1.165, 1.54) is 13.2 Å². The largest absolute Gasteiger partial charge is 0.479 e. The minimum absolute atomic E-state index is 0.175. The van der Waals surface area contributed by atoms with Crippen LogP contribution >= 0.6 is 0 Å². The Morgan fingerprint density at radius 1 is 1.08 bits per heavy atom. The molecule has 5 nitrogen and oxygen atoms in total. The van der Waals surface area contributed by atoms with Gasteiger partial charge in [0.25, 0.3) is 0 Å². The quantitative estimate of drug-likeness (QED) is 0.688. The highest BCUT2D eigenvalue weighted by atomic mass is 16.6. The molecule has 0 aliphatic heterocycles. The molecule has 0 spiro atoms. The molecule has 1 heterocycles. The molecule has 5 heteroatoms. The van der Waals surface area contributed by atoms with E-state index in [4.69, 9.17) is 9.15 Å². The van der Waals surface area contributed by atoms with E-state index in [9.17, 15) is 9.59 Å². The minimum Gasteiger partial charge on any atom is -0.479 e. The molecular formula is C19H16O5. The van der Waals surface area contributed by atoms with Crippen molar-refractivity contribution in [1.82, 2.24) is 0 Å². The topological polar surface area (TPSA) is 65.7 Å². The van der Waals surface area contributed by atoms with Crippen LogP contribution in [0.1, 0.15) is 6.92 Å². The second-order valence-corrected chi connectivity index (χ2v) is 5.28. The van der Waals surface area contributed by atoms with Crippen molar-refractivity contribution < 1.29 is 18.7 Å². The van der Waals surface area contributed by atoms with Gasteiger partial charge in [-0.15, -0.1) is 0 Å². The molecule has 0 fully saturated rings. The summed E-state index contributed by atoms with van der Waals surface area (Å²) in [6, 6.07) is 15.7. The maximum Gasteiger partial charge on any atom is 0.346 e. The molecule has 122 valence electrons. The molecule has 24 heavy (non-hydrogen) atoms. The monoisotopic (exact) mass is 324 g/mol. The average Bonchev–Trinajstić information content (AvgIpc) is 2.62. The molecule has 0 aliphatic carbocycles. The van der Waals surface area contributed by atoms with Crippen LogP contribution < -0.4 is 10.2 Å². The molecule has 3 aromatic rings. The first-order valence-electron chi connectivity index (χ1n) is 7.46. The standard InChI is InChI=1S/C19H16O5/c1-12(19(21)22-2)23-14-8-9-17-15(10-14)16(20)11-18(24-17)13-6-4-3-5-7-13/h3-12H,1-2H3/t12-/m0/s1. The number of hydrogen-bond acceptors (Lipinski definition) is 5. The average molecular weight is 324 g/mol. The van der Waals surface area contributed by atoms with Gasteiger partial charge < -0.3 is 13.9 Å². The molecule has 0 saturated carbocycles. The van der Waals surface area contributed by atoms with Gasteiger partial charge in [-0.3, -0.25) is 4.79 Å². The fourth-order valence-corrected chi connectivity index (χ4v) is 2.37. The lowest BCUT2D eigenvalue weighted by Gasteiger charge is -2.12. The number of fused-ring (bicyclic) bond motifs is 1. The molecule has 1 aromatic heterocycles. The molecule has 0 amide bonds. The Bertz CT molecular complexity index is 927. The van der Waals surface area contributed by atoms with Gasteiger partial charge in [-0.1, -0.05) is 30.3 Å². The van der Waals surface area contributed by atoms with Crippen LogP contribution in [0.25, 0.3) is 22.3 Å². The summed E-state index contributed by atoms with van der Waals surface area (Å²) >= 11 is 0. The van der Waals surface area contributed by atoms with Crippen molar-refractivity contribution >= 4 is 16.9 Å². The summed E-state index contributed by atoms with van der Waals surface area (Å²) in [5.74, 6) is 0.423. The van der Waals surface area contributed by atoms with Gasteiger partial charge in [0.05, 0.1) is 12.5 Å². The van der Waals surface area contributed by atoms with E-state index in [0.29, 0.717) is 22.5 Å². The van der Waals surface area contributed by atoms with Gasteiger partial charge in [-0.2, -0.15) is 0 Å². The summed E-state index contributed by atoms with van der Waals surface area (Å²) in [5.41, 5.74) is 1.11. The van der Waals surface area contributed by atoms with Crippen molar-refractivity contribution in [2.45, 2.75) is 13.0 Å². The predicted octanol–water partition coefficient (Wildman–Crippen LogP) is 3.40. The number of hydrogen-bond donors (Lipinski definition) is 0. The second kappa shape index (κ2) is 6.58. The second-order valence-electron chi connectivity index (χ2n) is 5.28. The molecule has 2 aromatic carbocycles. The summed E-state index contributed by atoms with van der Waals surface area (Å²) in [6.07, 6.45) is -0.761. The van der Waals surface area contributed by atoms with Gasteiger partial charge in [0.15, 0.2) is 11.5 Å². The van der Waals surface area contributed by atoms with Crippen molar-refractivity contribution in [2.75, 3.05) is 7.11 Å². The van der Waals surface area contributed by atoms with Gasteiger partial charge in [-0.25, -0.2) is 4.79 Å². The van der Waals surface area contributed by atoms with Gasteiger partial charge in [0.2, 0.25) is 0 Å². The van der Waals surface area contributed by atoms with Crippen LogP contribution in [0.2, 0.25) is 0 Å². The molecule has 0 unspecified atom stereocenters. The van der Waals surface area contributed by atoms with Crippen molar-refractivity contribution in [3.8, 4) is 17.1 Å². The van der Waals surface area contributed by atoms with Crippen molar-refractivity contribution in [3.05, 3.63) is 64.8 Å². The summed E-state index contributed by atoms with van der Waals surface area (Å²) in [6.45, 7) is 1.58. The SMILES string of the molecule is COC(=O)[C@H](C)Oc1ccc2oc(-c3ccccc3)cc(=O)c2c1. The third-order valence-electron chi connectivity index (χ3n) is 3.60. The lowest BCUT2D eigenvalue weighted by molar-refractivity contribution is -0.147. The fraction of sp³-hybridized carbons (Fsp3) is 0.158. The van der Waals surface area contributed by atoms with Crippen molar-refractivity contribution in [2.24, 2.45) is 0 Å². The third kappa shape index (κ3) is 3.15. The van der Waals surface area contributed by atoms with Gasteiger partial charge in [0.1, 0.15) is 17.1 Å². The van der Waals surface area contributed by atoms with Crippen LogP contribution in [0.3, 0.4) is 0 Å². The van der Waals surface area contributed by atoms with Gasteiger partial charge >= 0.3 is 5.97 Å². The number of ether oxygens (including phenoxy) is 2. The van der Waals surface area contributed by atoms with Gasteiger partial charge in [-0.05, 0) is 25.1 Å². The molecule has 0 radical (unpaired) electrons. The molecule has 0 N–H and O–H groups in total. The fourth-order valence-electron chi connectivity index (χ4n) is 2.37. The summed E-state index contributed by atoms with van der Waals surface area (Å²) in [5, 5.41) is 0.393. The van der Waals surface area contributed by atoms with E-state index in [2.05, 4.69) is 4.74 Å². The van der Waals surface area contributed by atoms with Crippen LogP contribution in [0.5, 0.6) is 5.75 Å². The Balaban J connectivity index is 1.98. The molecule has 1 atom stereocenters. The Labute approximate surface area is 138 Å². The number of carbonyl (C=O) groups is 1. The van der Waals surface area contributed by atoms with Crippen LogP contribution in [0.15, 0.2) is 63.8 Å². The number of esters is 1. The minimum atomic E-state index is -0.761. The maximum absolute atomic E-state index is 12.4. The third-order valence-corrected chi connectivity index (χ3v) is 3.60. The highest BCUT2D eigenvalue weighted by Gasteiger charge is 2.15. The molecular weight excluding hydrogens is 308 g/mol. The summed E-state index contributed by atoms with van der Waals surface area (Å²) < 4.78 is 15.9. The smallest absolute Gasteiger partial charge is 0.346 e. The lowest BCUT2D eigenvalue weighted by atomic mass is 10.1. The van der Waals surface area contributed by atoms with Crippen LogP contribution in [-0.2, 0) is 9.53 Å². The van der Waals surface area contributed by atoms with E-state index in [1.54, 1.807) is 25.1 Å².